The molecule has 1 aromatic heterocycles. The Bertz CT molecular complexity index is 808. The molecule has 3 heteroatoms. The van der Waals surface area contributed by atoms with Gasteiger partial charge in [-0.25, -0.2) is 4.98 Å². The molecule has 0 fully saturated rings. The van der Waals surface area contributed by atoms with Crippen LogP contribution in [-0.4, -0.2) is 18.1 Å². The smallest absolute Gasteiger partial charge is 0.121 e. The fourth-order valence-electron chi connectivity index (χ4n) is 2.79. The van der Waals surface area contributed by atoms with E-state index in [0.717, 1.165) is 46.4 Å². The number of hydrogen-bond acceptors (Lipinski definition) is 3. The molecular formula is C21H24N2O. The van der Waals surface area contributed by atoms with Crippen LogP contribution in [0.15, 0.2) is 54.6 Å². The van der Waals surface area contributed by atoms with Crippen LogP contribution in [0.1, 0.15) is 26.7 Å². The van der Waals surface area contributed by atoms with Gasteiger partial charge < -0.3 is 10.1 Å². The second-order valence-electron chi connectivity index (χ2n) is 5.93. The molecule has 0 aliphatic rings. The van der Waals surface area contributed by atoms with Crippen molar-refractivity contribution < 1.29 is 4.74 Å². The summed E-state index contributed by atoms with van der Waals surface area (Å²) >= 11 is 0. The lowest BCUT2D eigenvalue weighted by Gasteiger charge is -2.16. The van der Waals surface area contributed by atoms with Crippen molar-refractivity contribution in [3.8, 4) is 17.0 Å². The molecule has 0 amide bonds. The summed E-state index contributed by atoms with van der Waals surface area (Å²) < 4.78 is 6.05. The SMILES string of the molecule is CCC(CC)Oc1ccc2ccc(-c3ccc(NC)cc3)nc2c1. The average molecular weight is 320 g/mol. The maximum absolute atomic E-state index is 6.05. The molecule has 0 spiro atoms. The number of anilines is 1. The Morgan fingerprint density at radius 2 is 1.67 bits per heavy atom. The van der Waals surface area contributed by atoms with Crippen LogP contribution in [0.3, 0.4) is 0 Å². The molecule has 24 heavy (non-hydrogen) atoms. The summed E-state index contributed by atoms with van der Waals surface area (Å²) in [5.41, 5.74) is 4.15. The van der Waals surface area contributed by atoms with E-state index in [1.165, 1.54) is 0 Å². The van der Waals surface area contributed by atoms with Gasteiger partial charge >= 0.3 is 0 Å². The minimum absolute atomic E-state index is 0.264. The third-order valence-electron chi connectivity index (χ3n) is 4.35. The summed E-state index contributed by atoms with van der Waals surface area (Å²) in [5, 5.41) is 4.26. The molecule has 0 saturated heterocycles. The average Bonchev–Trinajstić information content (AvgIpc) is 2.65. The van der Waals surface area contributed by atoms with E-state index in [1.54, 1.807) is 0 Å². The van der Waals surface area contributed by atoms with Gasteiger partial charge in [0.15, 0.2) is 0 Å². The monoisotopic (exact) mass is 320 g/mol. The standard InChI is InChI=1S/C21H24N2O/c1-4-18(5-2)24-19-12-8-16-9-13-20(23-21(16)14-19)15-6-10-17(22-3)11-7-15/h6-14,18,22H,4-5H2,1-3H3. The quantitative estimate of drug-likeness (QED) is 0.650. The van der Waals surface area contributed by atoms with Crippen molar-refractivity contribution in [2.45, 2.75) is 32.8 Å². The van der Waals surface area contributed by atoms with Crippen molar-refractivity contribution in [1.82, 2.24) is 4.98 Å². The first-order valence-electron chi connectivity index (χ1n) is 8.59. The summed E-state index contributed by atoms with van der Waals surface area (Å²) in [7, 11) is 1.92. The largest absolute Gasteiger partial charge is 0.490 e. The van der Waals surface area contributed by atoms with E-state index < -0.39 is 0 Å². The molecule has 3 nitrogen and oxygen atoms in total. The van der Waals surface area contributed by atoms with Gasteiger partial charge in [0.05, 0.1) is 17.3 Å². The van der Waals surface area contributed by atoms with Gasteiger partial charge in [0.25, 0.3) is 0 Å². The van der Waals surface area contributed by atoms with Crippen LogP contribution in [0.5, 0.6) is 5.75 Å². The number of nitrogens with zero attached hydrogens (tertiary/aromatic N) is 1. The third kappa shape index (κ3) is 3.51. The van der Waals surface area contributed by atoms with E-state index in [2.05, 4.69) is 61.6 Å². The molecule has 1 heterocycles. The lowest BCUT2D eigenvalue weighted by molar-refractivity contribution is 0.193. The normalized spacial score (nSPS) is 11.0. The summed E-state index contributed by atoms with van der Waals surface area (Å²) in [5.74, 6) is 0.895. The van der Waals surface area contributed by atoms with Gasteiger partial charge in [0, 0.05) is 29.8 Å². The molecule has 0 saturated carbocycles. The Kier molecular flexibility index (Phi) is 4.99. The first-order valence-corrected chi connectivity index (χ1v) is 8.59. The number of ether oxygens (including phenoxy) is 1. The summed E-state index contributed by atoms with van der Waals surface area (Å²) in [6, 6.07) is 18.6. The molecule has 3 rings (SSSR count). The second kappa shape index (κ2) is 7.35. The van der Waals surface area contributed by atoms with E-state index in [4.69, 9.17) is 9.72 Å². The number of pyridine rings is 1. The van der Waals surface area contributed by atoms with Crippen LogP contribution >= 0.6 is 0 Å². The Morgan fingerprint density at radius 3 is 2.33 bits per heavy atom. The molecule has 0 bridgehead atoms. The van der Waals surface area contributed by atoms with E-state index in [9.17, 15) is 0 Å². The highest BCUT2D eigenvalue weighted by Crippen LogP contribution is 2.26. The van der Waals surface area contributed by atoms with Crippen LogP contribution in [-0.2, 0) is 0 Å². The Hall–Kier alpha value is -2.55. The Balaban J connectivity index is 1.93. The minimum atomic E-state index is 0.264. The van der Waals surface area contributed by atoms with Crippen LogP contribution in [0.2, 0.25) is 0 Å². The molecule has 124 valence electrons. The second-order valence-corrected chi connectivity index (χ2v) is 5.93. The lowest BCUT2D eigenvalue weighted by Crippen LogP contribution is -2.13. The summed E-state index contributed by atoms with van der Waals surface area (Å²) in [6.07, 6.45) is 2.29. The van der Waals surface area contributed by atoms with Crippen molar-refractivity contribution in [2.24, 2.45) is 0 Å². The zero-order chi connectivity index (χ0) is 16.9. The topological polar surface area (TPSA) is 34.1 Å². The number of hydrogen-bond donors (Lipinski definition) is 1. The van der Waals surface area contributed by atoms with E-state index >= 15 is 0 Å². The predicted octanol–water partition coefficient (Wildman–Crippen LogP) is 5.51. The predicted molar refractivity (Wildman–Crippen MR) is 102 cm³/mol. The van der Waals surface area contributed by atoms with Crippen molar-refractivity contribution in [3.63, 3.8) is 0 Å². The lowest BCUT2D eigenvalue weighted by atomic mass is 10.1. The fourth-order valence-corrected chi connectivity index (χ4v) is 2.79. The Labute approximate surface area is 143 Å². The molecule has 3 aromatic rings. The molecule has 2 aromatic carbocycles. The fraction of sp³-hybridized carbons (Fsp3) is 0.286. The highest BCUT2D eigenvalue weighted by molar-refractivity contribution is 5.83. The van der Waals surface area contributed by atoms with Gasteiger partial charge in [-0.1, -0.05) is 32.0 Å². The molecule has 0 radical (unpaired) electrons. The maximum atomic E-state index is 6.05. The maximum Gasteiger partial charge on any atom is 0.121 e. The van der Waals surface area contributed by atoms with Crippen LogP contribution < -0.4 is 10.1 Å². The third-order valence-corrected chi connectivity index (χ3v) is 4.35. The molecule has 0 aliphatic heterocycles. The Morgan fingerprint density at radius 1 is 0.958 bits per heavy atom. The van der Waals surface area contributed by atoms with Crippen molar-refractivity contribution in [3.05, 3.63) is 54.6 Å². The molecule has 0 atom stereocenters. The van der Waals surface area contributed by atoms with Gasteiger partial charge in [-0.05, 0) is 43.2 Å². The molecule has 1 N–H and O–H groups in total. The van der Waals surface area contributed by atoms with E-state index in [-0.39, 0.29) is 6.10 Å². The van der Waals surface area contributed by atoms with E-state index in [1.807, 2.05) is 19.2 Å². The van der Waals surface area contributed by atoms with Crippen molar-refractivity contribution in [2.75, 3.05) is 12.4 Å². The number of aromatic nitrogens is 1. The van der Waals surface area contributed by atoms with Gasteiger partial charge in [-0.15, -0.1) is 0 Å². The molecular weight excluding hydrogens is 296 g/mol. The number of rotatable bonds is 6. The summed E-state index contributed by atoms with van der Waals surface area (Å²) in [4.78, 5) is 4.82. The van der Waals surface area contributed by atoms with Crippen molar-refractivity contribution >= 4 is 16.6 Å². The highest BCUT2D eigenvalue weighted by Gasteiger charge is 2.07. The van der Waals surface area contributed by atoms with Gasteiger partial charge in [-0.2, -0.15) is 0 Å². The van der Waals surface area contributed by atoms with E-state index in [0.29, 0.717) is 0 Å². The minimum Gasteiger partial charge on any atom is -0.490 e. The zero-order valence-corrected chi connectivity index (χ0v) is 14.5. The highest BCUT2D eigenvalue weighted by atomic mass is 16.5. The molecule has 0 aliphatic carbocycles. The first-order chi connectivity index (χ1) is 11.7. The van der Waals surface area contributed by atoms with Gasteiger partial charge in [0.1, 0.15) is 5.75 Å². The number of nitrogens with one attached hydrogen (secondary N) is 1. The van der Waals surface area contributed by atoms with Crippen LogP contribution in [0.4, 0.5) is 5.69 Å². The molecule has 0 unspecified atom stereocenters. The zero-order valence-electron chi connectivity index (χ0n) is 14.5. The van der Waals surface area contributed by atoms with Gasteiger partial charge in [0.2, 0.25) is 0 Å². The number of fused-ring (bicyclic) bond motifs is 1. The van der Waals surface area contributed by atoms with Crippen LogP contribution in [0.25, 0.3) is 22.2 Å². The van der Waals surface area contributed by atoms with Crippen LogP contribution in [0, 0.1) is 0 Å². The van der Waals surface area contributed by atoms with Crippen molar-refractivity contribution in [1.29, 1.82) is 0 Å². The summed E-state index contributed by atoms with van der Waals surface area (Å²) in [6.45, 7) is 4.31. The first kappa shape index (κ1) is 16.3. The van der Waals surface area contributed by atoms with Gasteiger partial charge in [-0.3, -0.25) is 0 Å². The number of benzene rings is 2.